The van der Waals surface area contributed by atoms with E-state index in [9.17, 15) is 0 Å². The van der Waals surface area contributed by atoms with Crippen molar-refractivity contribution in [1.29, 1.82) is 0 Å². The fourth-order valence-electron chi connectivity index (χ4n) is 2.74. The number of rotatable bonds is 0. The fourth-order valence-corrected chi connectivity index (χ4v) is 2.74. The van der Waals surface area contributed by atoms with Gasteiger partial charge in [-0.25, -0.2) is 0 Å². The molecule has 1 aromatic carbocycles. The maximum Gasteiger partial charge on any atom is 3.00 e. The molecule has 0 atom stereocenters. The standard InChI is InChI=1S/C10H20.C6H5.C3H9P.Ir.H2N/c1-6-7(2)9(4)10(5)8(6)3;1-2-4-6-5-3-1;1-4(2)3;;/h6-10H,1-5H3;1-5H;1-3H3;;1H2/q;-1;;+3;-1. The average molecular weight is 502 g/mol. The van der Waals surface area contributed by atoms with Gasteiger partial charge < -0.3 is 6.15 Å². The predicted octanol–water partition coefficient (Wildman–Crippen LogP) is 6.74. The Kier molecular flexibility index (Phi) is 18.3. The number of benzene rings is 1. The zero-order valence-electron chi connectivity index (χ0n) is 15.6. The molecule has 0 saturated heterocycles. The topological polar surface area (TPSA) is 33.5 Å². The molecule has 1 nitrogen and oxygen atoms in total. The van der Waals surface area contributed by atoms with E-state index < -0.39 is 0 Å². The van der Waals surface area contributed by atoms with Crippen LogP contribution in [0.4, 0.5) is 0 Å². The van der Waals surface area contributed by atoms with Gasteiger partial charge >= 0.3 is 20.1 Å². The zero-order valence-corrected chi connectivity index (χ0v) is 18.9. The molecule has 0 aromatic heterocycles. The molecule has 1 saturated carbocycles. The zero-order chi connectivity index (χ0) is 15.7. The molecule has 2 rings (SSSR count). The molecule has 130 valence electrons. The van der Waals surface area contributed by atoms with Gasteiger partial charge in [-0.05, 0) is 49.6 Å². The third-order valence-electron chi connectivity index (χ3n) is 4.75. The summed E-state index contributed by atoms with van der Waals surface area (Å²) in [7, 11) is 0.380. The van der Waals surface area contributed by atoms with Gasteiger partial charge in [-0.3, -0.25) is 0 Å². The Balaban J connectivity index is -0.000000261. The minimum Gasteiger partial charge on any atom is -0.693 e. The molecule has 0 amide bonds. The van der Waals surface area contributed by atoms with Gasteiger partial charge in [-0.2, -0.15) is 36.4 Å². The summed E-state index contributed by atoms with van der Waals surface area (Å²) < 4.78 is 0. The van der Waals surface area contributed by atoms with Crippen LogP contribution in [0.1, 0.15) is 34.6 Å². The van der Waals surface area contributed by atoms with Gasteiger partial charge in [0.1, 0.15) is 0 Å². The predicted molar refractivity (Wildman–Crippen MR) is 101 cm³/mol. The van der Waals surface area contributed by atoms with Crippen LogP contribution in [0.25, 0.3) is 6.15 Å². The second-order valence-electron chi connectivity index (χ2n) is 6.71. The summed E-state index contributed by atoms with van der Waals surface area (Å²) in [6.45, 7) is 18.7. The number of hydrogen-bond donors (Lipinski definition) is 0. The normalized spacial score (nSPS) is 29.0. The van der Waals surface area contributed by atoms with Crippen molar-refractivity contribution in [2.75, 3.05) is 20.0 Å². The molecule has 0 spiro atoms. The van der Waals surface area contributed by atoms with E-state index in [4.69, 9.17) is 0 Å². The number of hydrogen-bond acceptors (Lipinski definition) is 0. The molecule has 3 heteroatoms. The van der Waals surface area contributed by atoms with Crippen LogP contribution in [0.15, 0.2) is 30.3 Å². The summed E-state index contributed by atoms with van der Waals surface area (Å²) in [6, 6.07) is 12.5. The maximum atomic E-state index is 2.89. The first-order chi connectivity index (χ1) is 9.29. The first-order valence-corrected chi connectivity index (χ1v) is 10.5. The first-order valence-electron chi connectivity index (χ1n) is 7.81. The largest absolute Gasteiger partial charge is 3.00 e. The second kappa shape index (κ2) is 14.8. The summed E-state index contributed by atoms with van der Waals surface area (Å²) in [6.07, 6.45) is 0. The Morgan fingerprint density at radius 3 is 0.955 bits per heavy atom. The van der Waals surface area contributed by atoms with Crippen LogP contribution in [0, 0.1) is 35.7 Å². The van der Waals surface area contributed by atoms with E-state index in [0.717, 1.165) is 29.6 Å². The van der Waals surface area contributed by atoms with Gasteiger partial charge in [0.15, 0.2) is 0 Å². The molecule has 0 bridgehead atoms. The van der Waals surface area contributed by atoms with E-state index in [1.54, 1.807) is 0 Å². The molecular weight excluding hydrogens is 465 g/mol. The molecule has 1 aliphatic carbocycles. The summed E-state index contributed by atoms with van der Waals surface area (Å²) in [5.74, 6) is 4.68. The molecule has 1 aromatic rings. The van der Waals surface area contributed by atoms with Crippen molar-refractivity contribution in [1.82, 2.24) is 0 Å². The Hall–Kier alpha value is 0.259. The SMILES string of the molecule is CC1C(C)C(C)C(C)C1C.CP(C)C.[Ir+3].[NH2-].[c-]1ccccc1. The second-order valence-corrected chi connectivity index (χ2v) is 9.40. The van der Waals surface area contributed by atoms with Gasteiger partial charge in [0.25, 0.3) is 0 Å². The van der Waals surface area contributed by atoms with Crippen molar-refractivity contribution in [2.24, 2.45) is 29.6 Å². The number of nitrogens with two attached hydrogens (primary N) is 1. The van der Waals surface area contributed by atoms with Crippen LogP contribution in [-0.2, 0) is 20.1 Å². The van der Waals surface area contributed by atoms with Crippen LogP contribution in [0.2, 0.25) is 0 Å². The van der Waals surface area contributed by atoms with E-state index in [0.29, 0.717) is 7.92 Å². The monoisotopic (exact) mass is 502 g/mol. The van der Waals surface area contributed by atoms with Crippen molar-refractivity contribution in [3.05, 3.63) is 42.5 Å². The van der Waals surface area contributed by atoms with E-state index >= 15 is 0 Å². The van der Waals surface area contributed by atoms with Crippen molar-refractivity contribution in [3.8, 4) is 0 Å². The molecule has 2 N–H and O–H groups in total. The molecule has 22 heavy (non-hydrogen) atoms. The third-order valence-corrected chi connectivity index (χ3v) is 4.75. The molecule has 0 aliphatic heterocycles. The van der Waals surface area contributed by atoms with E-state index in [-0.39, 0.29) is 26.3 Å². The van der Waals surface area contributed by atoms with Crippen LogP contribution in [-0.4, -0.2) is 20.0 Å². The Labute approximate surface area is 154 Å². The van der Waals surface area contributed by atoms with Crippen molar-refractivity contribution in [3.63, 3.8) is 0 Å². The fraction of sp³-hybridized carbons (Fsp3) is 0.684. The Bertz CT molecular complexity index is 257. The van der Waals surface area contributed by atoms with E-state index in [1.165, 1.54) is 0 Å². The van der Waals surface area contributed by atoms with Gasteiger partial charge in [0.05, 0.1) is 0 Å². The summed E-state index contributed by atoms with van der Waals surface area (Å²) in [5, 5.41) is 0. The molecule has 0 radical (unpaired) electrons. The minimum absolute atomic E-state index is 0. The molecular formula is C19H36IrNP+. The summed E-state index contributed by atoms with van der Waals surface area (Å²) in [5.41, 5.74) is 0. The van der Waals surface area contributed by atoms with Crippen molar-refractivity contribution >= 4 is 7.92 Å². The third kappa shape index (κ3) is 10.9. The quantitative estimate of drug-likeness (QED) is 0.279. The summed E-state index contributed by atoms with van der Waals surface area (Å²) >= 11 is 0. The van der Waals surface area contributed by atoms with Crippen molar-refractivity contribution < 1.29 is 20.1 Å². The molecule has 1 fully saturated rings. The smallest absolute Gasteiger partial charge is 0.693 e. The van der Waals surface area contributed by atoms with E-state index in [2.05, 4.69) is 60.7 Å². The Morgan fingerprint density at radius 1 is 0.636 bits per heavy atom. The maximum absolute atomic E-state index is 2.89. The van der Waals surface area contributed by atoms with Gasteiger partial charge in [-0.1, -0.05) is 34.6 Å². The average Bonchev–Trinajstić information content (AvgIpc) is 2.59. The van der Waals surface area contributed by atoms with Crippen LogP contribution in [0.3, 0.4) is 0 Å². The molecule has 0 heterocycles. The molecule has 0 unspecified atom stereocenters. The molecule has 1 aliphatic rings. The van der Waals surface area contributed by atoms with Gasteiger partial charge in [0, 0.05) is 0 Å². The van der Waals surface area contributed by atoms with Crippen LogP contribution < -0.4 is 0 Å². The summed E-state index contributed by atoms with van der Waals surface area (Å²) in [4.78, 5) is 0. The first kappa shape index (κ1) is 27.1. The minimum atomic E-state index is 0. The van der Waals surface area contributed by atoms with E-state index in [1.807, 2.05) is 30.3 Å². The van der Waals surface area contributed by atoms with Crippen molar-refractivity contribution in [2.45, 2.75) is 34.6 Å². The van der Waals surface area contributed by atoms with Crippen LogP contribution in [0.5, 0.6) is 0 Å². The van der Waals surface area contributed by atoms with Gasteiger partial charge in [0.2, 0.25) is 0 Å². The Morgan fingerprint density at radius 2 is 0.864 bits per heavy atom. The van der Waals surface area contributed by atoms with Gasteiger partial charge in [-0.15, -0.1) is 7.92 Å². The van der Waals surface area contributed by atoms with Crippen LogP contribution >= 0.6 is 7.92 Å².